The third-order valence-electron chi connectivity index (χ3n) is 10.3. The SMILES string of the molecule is Cc1sc(C2c3ccccc3-c3ccccc32)cc1C1=C(c2cc(C3c4ccccc4-c4ccccc43)sc2C)C(F)(F)C(F)(F)C1(F)F. The van der Waals surface area contributed by atoms with E-state index in [0.717, 1.165) is 44.5 Å². The first-order valence-electron chi connectivity index (χ1n) is 15.9. The number of hydrogen-bond donors (Lipinski definition) is 0. The Kier molecular flexibility index (Phi) is 6.45. The van der Waals surface area contributed by atoms with Gasteiger partial charge < -0.3 is 0 Å². The molecule has 0 atom stereocenters. The predicted octanol–water partition coefficient (Wildman–Crippen LogP) is 12.6. The quantitative estimate of drug-likeness (QED) is 0.161. The first-order valence-corrected chi connectivity index (χ1v) is 17.5. The molecule has 2 aromatic heterocycles. The lowest BCUT2D eigenvalue weighted by molar-refractivity contribution is -0.254. The molecule has 49 heavy (non-hydrogen) atoms. The number of fused-ring (bicyclic) bond motifs is 6. The van der Waals surface area contributed by atoms with Gasteiger partial charge in [0.15, 0.2) is 0 Å². The van der Waals surface area contributed by atoms with Crippen molar-refractivity contribution >= 4 is 33.8 Å². The van der Waals surface area contributed by atoms with E-state index in [4.69, 9.17) is 0 Å². The van der Waals surface area contributed by atoms with Crippen LogP contribution in [0.25, 0.3) is 33.4 Å². The minimum Gasteiger partial charge on any atom is -0.194 e. The number of hydrogen-bond acceptors (Lipinski definition) is 2. The van der Waals surface area contributed by atoms with Crippen molar-refractivity contribution < 1.29 is 26.3 Å². The molecule has 3 aliphatic carbocycles. The van der Waals surface area contributed by atoms with Crippen LogP contribution in [0.2, 0.25) is 0 Å². The van der Waals surface area contributed by atoms with Gasteiger partial charge >= 0.3 is 17.8 Å². The Morgan fingerprint density at radius 1 is 0.429 bits per heavy atom. The second-order valence-electron chi connectivity index (χ2n) is 12.9. The van der Waals surface area contributed by atoms with Crippen LogP contribution in [0.3, 0.4) is 0 Å². The molecule has 0 spiro atoms. The summed E-state index contributed by atoms with van der Waals surface area (Å²) in [5.41, 5.74) is 4.70. The molecule has 9 rings (SSSR count). The molecule has 0 bridgehead atoms. The summed E-state index contributed by atoms with van der Waals surface area (Å²) in [6.45, 7) is 3.09. The molecule has 0 unspecified atom stereocenters. The normalized spacial score (nSPS) is 18.4. The fourth-order valence-corrected chi connectivity index (χ4v) is 10.5. The lowest BCUT2D eigenvalue weighted by Gasteiger charge is -2.25. The monoisotopic (exact) mass is 696 g/mol. The molecule has 244 valence electrons. The number of thiophene rings is 2. The molecule has 0 amide bonds. The van der Waals surface area contributed by atoms with Crippen LogP contribution in [-0.2, 0) is 0 Å². The van der Waals surface area contributed by atoms with Gasteiger partial charge in [0.05, 0.1) is 0 Å². The van der Waals surface area contributed by atoms with Crippen molar-refractivity contribution in [2.75, 3.05) is 0 Å². The number of halogens is 6. The molecular formula is C41H26F6S2. The van der Waals surface area contributed by atoms with E-state index in [1.165, 1.54) is 34.8 Å². The highest BCUT2D eigenvalue weighted by Gasteiger charge is 2.80. The zero-order chi connectivity index (χ0) is 34.0. The smallest absolute Gasteiger partial charge is 0.194 e. The summed E-state index contributed by atoms with van der Waals surface area (Å²) < 4.78 is 95.4. The van der Waals surface area contributed by atoms with Crippen LogP contribution >= 0.6 is 22.7 Å². The Balaban J connectivity index is 1.25. The molecule has 4 aromatic carbocycles. The maximum absolute atomic E-state index is 16.1. The van der Waals surface area contributed by atoms with Gasteiger partial charge in [-0.3, -0.25) is 0 Å². The van der Waals surface area contributed by atoms with E-state index in [0.29, 0.717) is 9.75 Å². The summed E-state index contributed by atoms with van der Waals surface area (Å²) in [7, 11) is 0. The lowest BCUT2D eigenvalue weighted by atomic mass is 9.90. The molecule has 0 fully saturated rings. The highest BCUT2D eigenvalue weighted by Crippen LogP contribution is 2.66. The second kappa shape index (κ2) is 10.3. The van der Waals surface area contributed by atoms with E-state index < -0.39 is 28.9 Å². The molecule has 0 saturated heterocycles. The van der Waals surface area contributed by atoms with E-state index in [1.807, 2.05) is 97.1 Å². The second-order valence-corrected chi connectivity index (χ2v) is 15.5. The van der Waals surface area contributed by atoms with Crippen molar-refractivity contribution in [3.05, 3.63) is 162 Å². The summed E-state index contributed by atoms with van der Waals surface area (Å²) in [5, 5.41) is 0. The fraction of sp³-hybridized carbons (Fsp3) is 0.171. The van der Waals surface area contributed by atoms with Crippen molar-refractivity contribution in [2.45, 2.75) is 43.5 Å². The zero-order valence-electron chi connectivity index (χ0n) is 26.1. The third-order valence-corrected chi connectivity index (χ3v) is 12.5. The van der Waals surface area contributed by atoms with Crippen molar-refractivity contribution in [3.8, 4) is 22.3 Å². The van der Waals surface area contributed by atoms with Gasteiger partial charge in [-0.2, -0.15) is 26.3 Å². The Morgan fingerprint density at radius 2 is 0.714 bits per heavy atom. The molecule has 6 aromatic rings. The molecule has 0 aliphatic heterocycles. The van der Waals surface area contributed by atoms with Crippen molar-refractivity contribution in [2.24, 2.45) is 0 Å². The topological polar surface area (TPSA) is 0 Å². The Hall–Kier alpha value is -4.40. The molecule has 2 heterocycles. The van der Waals surface area contributed by atoms with E-state index >= 15 is 26.3 Å². The molecule has 0 radical (unpaired) electrons. The van der Waals surface area contributed by atoms with Crippen LogP contribution in [0, 0.1) is 13.8 Å². The lowest BCUT2D eigenvalue weighted by Crippen LogP contribution is -2.48. The number of allylic oxidation sites excluding steroid dienone is 2. The van der Waals surface area contributed by atoms with Crippen LogP contribution in [0.1, 0.15) is 64.7 Å². The van der Waals surface area contributed by atoms with Crippen molar-refractivity contribution in [1.29, 1.82) is 0 Å². The maximum Gasteiger partial charge on any atom is 0.380 e. The fourth-order valence-electron chi connectivity index (χ4n) is 8.15. The van der Waals surface area contributed by atoms with E-state index in [2.05, 4.69) is 0 Å². The molecular weight excluding hydrogens is 671 g/mol. The van der Waals surface area contributed by atoms with E-state index in [1.54, 1.807) is 13.8 Å². The third kappa shape index (κ3) is 3.99. The highest BCUT2D eigenvalue weighted by molar-refractivity contribution is 7.12. The van der Waals surface area contributed by atoms with Gasteiger partial charge in [-0.05, 0) is 81.6 Å². The van der Waals surface area contributed by atoms with Crippen LogP contribution < -0.4 is 0 Å². The first kappa shape index (κ1) is 30.6. The molecule has 0 N–H and O–H groups in total. The van der Waals surface area contributed by atoms with Gasteiger partial charge in [0.1, 0.15) is 0 Å². The van der Waals surface area contributed by atoms with Gasteiger partial charge in [-0.15, -0.1) is 22.7 Å². The highest BCUT2D eigenvalue weighted by atomic mass is 32.1. The first-order chi connectivity index (χ1) is 23.4. The van der Waals surface area contributed by atoms with Crippen LogP contribution in [0.5, 0.6) is 0 Å². The van der Waals surface area contributed by atoms with E-state index in [9.17, 15) is 0 Å². The summed E-state index contributed by atoms with van der Waals surface area (Å²) in [5.74, 6) is -16.6. The Labute approximate surface area is 287 Å². The average molecular weight is 697 g/mol. The number of alkyl halides is 6. The molecule has 0 saturated carbocycles. The van der Waals surface area contributed by atoms with E-state index in [-0.39, 0.29) is 32.7 Å². The number of benzene rings is 4. The van der Waals surface area contributed by atoms with Gasteiger partial charge in [0.25, 0.3) is 0 Å². The maximum atomic E-state index is 16.1. The van der Waals surface area contributed by atoms with Gasteiger partial charge in [0, 0.05) is 42.5 Å². The molecule has 3 aliphatic rings. The molecule has 0 nitrogen and oxygen atoms in total. The summed E-state index contributed by atoms with van der Waals surface area (Å²) in [4.78, 5) is 1.83. The van der Waals surface area contributed by atoms with Crippen LogP contribution in [0.4, 0.5) is 26.3 Å². The minimum atomic E-state index is -5.63. The van der Waals surface area contributed by atoms with Gasteiger partial charge in [-0.1, -0.05) is 97.1 Å². The van der Waals surface area contributed by atoms with Gasteiger partial charge in [0.2, 0.25) is 0 Å². The van der Waals surface area contributed by atoms with Crippen LogP contribution in [-0.4, -0.2) is 17.8 Å². The number of aryl methyl sites for hydroxylation is 2. The minimum absolute atomic E-state index is 0.262. The van der Waals surface area contributed by atoms with Gasteiger partial charge in [-0.25, -0.2) is 0 Å². The predicted molar refractivity (Wildman–Crippen MR) is 185 cm³/mol. The van der Waals surface area contributed by atoms with Crippen LogP contribution in [0.15, 0.2) is 109 Å². The summed E-state index contributed by atoms with van der Waals surface area (Å²) in [6, 6.07) is 33.9. The average Bonchev–Trinajstić information content (AvgIpc) is 3.84. The molecule has 8 heteroatoms. The Bertz CT molecular complexity index is 2120. The van der Waals surface area contributed by atoms with Crippen molar-refractivity contribution in [1.82, 2.24) is 0 Å². The number of rotatable bonds is 4. The Morgan fingerprint density at radius 3 is 1.02 bits per heavy atom. The summed E-state index contributed by atoms with van der Waals surface area (Å²) >= 11 is 2.37. The summed E-state index contributed by atoms with van der Waals surface area (Å²) in [6.07, 6.45) is 0. The standard InChI is InChI=1S/C41H26F6S2/c1-21-31(19-33(48-21)35-27-15-7-3-11-23(27)24-12-4-8-16-28(24)35)37-38(40(44,45)41(46,47)39(37,42)43)32-20-34(49-22(32)2)36-29-17-9-5-13-25(29)26-14-6-10-18-30(26)36/h3-20,35-36H,1-2H3. The van der Waals surface area contributed by atoms with Crippen molar-refractivity contribution in [3.63, 3.8) is 0 Å². The zero-order valence-corrected chi connectivity index (χ0v) is 27.8. The largest absolute Gasteiger partial charge is 0.380 e.